The summed E-state index contributed by atoms with van der Waals surface area (Å²) in [6, 6.07) is 9.84. The smallest absolute Gasteiger partial charge is 0.317 e. The quantitative estimate of drug-likeness (QED) is 0.882. The Labute approximate surface area is 147 Å². The van der Waals surface area contributed by atoms with Gasteiger partial charge in [0.2, 0.25) is 0 Å². The Kier molecular flexibility index (Phi) is 3.98. The summed E-state index contributed by atoms with van der Waals surface area (Å²) in [5.41, 5.74) is 0.448. The normalized spacial score (nSPS) is 30.4. The summed E-state index contributed by atoms with van der Waals surface area (Å²) >= 11 is 0. The average molecular weight is 340 g/mol. The fourth-order valence-corrected chi connectivity index (χ4v) is 4.49. The minimum Gasteiger partial charge on any atom is -0.334 e. The maximum Gasteiger partial charge on any atom is 0.317 e. The van der Waals surface area contributed by atoms with Crippen LogP contribution in [-0.4, -0.2) is 41.3 Å². The number of nitrogens with one attached hydrogen (secondary N) is 2. The molecule has 2 aliphatic heterocycles. The standard InChI is InChI=1S/C19H24N4O2/c1-2-16-21-17(24)19(22-16)9-8-14-11-23(12-15(14)19)18(25)20-10-13-6-4-3-5-7-13/h3-7,14-15H,2,8-12H2,1H3,(H,20,25)(H,21,22,24)/t14-,15+,19-/m0/s1. The second kappa shape index (κ2) is 6.17. The van der Waals surface area contributed by atoms with Crippen molar-refractivity contribution in [3.05, 3.63) is 35.9 Å². The molecule has 1 saturated carbocycles. The van der Waals surface area contributed by atoms with E-state index in [1.54, 1.807) is 0 Å². The van der Waals surface area contributed by atoms with Crippen molar-refractivity contribution in [2.24, 2.45) is 16.8 Å². The first-order valence-corrected chi connectivity index (χ1v) is 9.09. The Morgan fingerprint density at radius 3 is 2.88 bits per heavy atom. The molecule has 0 unspecified atom stereocenters. The minimum atomic E-state index is -0.634. The van der Waals surface area contributed by atoms with Crippen molar-refractivity contribution in [2.45, 2.75) is 38.3 Å². The van der Waals surface area contributed by atoms with E-state index < -0.39 is 5.54 Å². The molecule has 6 heteroatoms. The van der Waals surface area contributed by atoms with Crippen LogP contribution in [-0.2, 0) is 11.3 Å². The van der Waals surface area contributed by atoms with E-state index in [1.807, 2.05) is 42.2 Å². The largest absolute Gasteiger partial charge is 0.334 e. The summed E-state index contributed by atoms with van der Waals surface area (Å²) in [6.07, 6.45) is 2.50. The molecule has 25 heavy (non-hydrogen) atoms. The number of amidine groups is 1. The van der Waals surface area contributed by atoms with Gasteiger partial charge in [-0.05, 0) is 24.3 Å². The summed E-state index contributed by atoms with van der Waals surface area (Å²) in [5, 5.41) is 5.92. The van der Waals surface area contributed by atoms with Crippen LogP contribution in [0, 0.1) is 11.8 Å². The van der Waals surface area contributed by atoms with Gasteiger partial charge in [-0.3, -0.25) is 9.79 Å². The van der Waals surface area contributed by atoms with Gasteiger partial charge >= 0.3 is 6.03 Å². The predicted octanol–water partition coefficient (Wildman–Crippen LogP) is 1.92. The Bertz CT molecular complexity index is 717. The second-order valence-electron chi connectivity index (χ2n) is 7.24. The van der Waals surface area contributed by atoms with Crippen LogP contribution < -0.4 is 10.6 Å². The number of carbonyl (C=O) groups is 2. The van der Waals surface area contributed by atoms with Gasteiger partial charge in [0.05, 0.1) is 0 Å². The number of rotatable bonds is 3. The van der Waals surface area contributed by atoms with Gasteiger partial charge in [0.25, 0.3) is 5.91 Å². The molecule has 0 radical (unpaired) electrons. The van der Waals surface area contributed by atoms with E-state index in [9.17, 15) is 9.59 Å². The third-order valence-electron chi connectivity index (χ3n) is 5.84. The van der Waals surface area contributed by atoms with Crippen molar-refractivity contribution in [2.75, 3.05) is 13.1 Å². The molecule has 3 aliphatic rings. The highest BCUT2D eigenvalue weighted by atomic mass is 16.2. The van der Waals surface area contributed by atoms with E-state index in [1.165, 1.54) is 0 Å². The molecule has 3 atom stereocenters. The van der Waals surface area contributed by atoms with Gasteiger partial charge in [-0.2, -0.15) is 0 Å². The number of benzene rings is 1. The molecule has 2 N–H and O–H groups in total. The van der Waals surface area contributed by atoms with E-state index >= 15 is 0 Å². The lowest BCUT2D eigenvalue weighted by Crippen LogP contribution is -2.46. The third kappa shape index (κ3) is 2.69. The summed E-state index contributed by atoms with van der Waals surface area (Å²) < 4.78 is 0. The van der Waals surface area contributed by atoms with Crippen molar-refractivity contribution in [1.29, 1.82) is 0 Å². The number of fused-ring (bicyclic) bond motifs is 2. The number of aliphatic imine (C=N–C) groups is 1. The van der Waals surface area contributed by atoms with Gasteiger partial charge in [0, 0.05) is 32.0 Å². The highest BCUT2D eigenvalue weighted by Crippen LogP contribution is 2.48. The predicted molar refractivity (Wildman–Crippen MR) is 95.1 cm³/mol. The molecule has 1 aliphatic carbocycles. The highest BCUT2D eigenvalue weighted by molar-refractivity contribution is 6.08. The van der Waals surface area contributed by atoms with Crippen molar-refractivity contribution in [1.82, 2.24) is 15.5 Å². The summed E-state index contributed by atoms with van der Waals surface area (Å²) in [7, 11) is 0. The van der Waals surface area contributed by atoms with Crippen LogP contribution in [0.15, 0.2) is 35.3 Å². The van der Waals surface area contributed by atoms with E-state index in [-0.39, 0.29) is 17.9 Å². The van der Waals surface area contributed by atoms with Crippen LogP contribution in [0.25, 0.3) is 0 Å². The number of urea groups is 1. The lowest BCUT2D eigenvalue weighted by atomic mass is 9.85. The number of hydrogen-bond acceptors (Lipinski definition) is 3. The first kappa shape index (κ1) is 16.1. The molecule has 6 nitrogen and oxygen atoms in total. The molecule has 4 rings (SSSR count). The van der Waals surface area contributed by atoms with Gasteiger partial charge in [-0.15, -0.1) is 0 Å². The molecule has 0 aromatic heterocycles. The molecule has 2 fully saturated rings. The molecule has 1 aromatic carbocycles. The van der Waals surface area contributed by atoms with Crippen LogP contribution in [0.4, 0.5) is 4.79 Å². The number of likely N-dealkylation sites (tertiary alicyclic amines) is 1. The van der Waals surface area contributed by atoms with E-state index in [0.29, 0.717) is 19.0 Å². The maximum absolute atomic E-state index is 12.6. The van der Waals surface area contributed by atoms with Crippen LogP contribution in [0.5, 0.6) is 0 Å². The molecule has 3 amide bonds. The zero-order chi connectivity index (χ0) is 17.4. The van der Waals surface area contributed by atoms with Gasteiger partial charge < -0.3 is 15.5 Å². The van der Waals surface area contributed by atoms with Crippen LogP contribution >= 0.6 is 0 Å². The van der Waals surface area contributed by atoms with Crippen molar-refractivity contribution in [3.8, 4) is 0 Å². The SMILES string of the molecule is CCC1=N[C@]2(CC[C@H]3CN(C(=O)NCc4ccccc4)C[C@H]32)C(=O)N1. The Morgan fingerprint density at radius 1 is 1.36 bits per heavy atom. The Balaban J connectivity index is 1.42. The summed E-state index contributed by atoms with van der Waals surface area (Å²) in [4.78, 5) is 31.7. The molecular weight excluding hydrogens is 316 g/mol. The van der Waals surface area contributed by atoms with E-state index in [2.05, 4.69) is 10.6 Å². The molecule has 2 heterocycles. The molecule has 132 valence electrons. The molecular formula is C19H24N4O2. The lowest BCUT2D eigenvalue weighted by Gasteiger charge is -2.25. The fourth-order valence-electron chi connectivity index (χ4n) is 4.49. The van der Waals surface area contributed by atoms with Crippen LogP contribution in [0.2, 0.25) is 0 Å². The number of nitrogens with zero attached hydrogens (tertiary/aromatic N) is 2. The summed E-state index contributed by atoms with van der Waals surface area (Å²) in [6.45, 7) is 3.86. The number of carbonyl (C=O) groups excluding carboxylic acids is 2. The first-order chi connectivity index (χ1) is 12.1. The number of hydrogen-bond donors (Lipinski definition) is 2. The lowest BCUT2D eigenvalue weighted by molar-refractivity contribution is -0.124. The zero-order valence-corrected chi connectivity index (χ0v) is 14.5. The highest BCUT2D eigenvalue weighted by Gasteiger charge is 2.59. The minimum absolute atomic E-state index is 0.0309. The molecule has 1 saturated heterocycles. The van der Waals surface area contributed by atoms with Crippen molar-refractivity contribution >= 4 is 17.8 Å². The van der Waals surface area contributed by atoms with Gasteiger partial charge in [-0.25, -0.2) is 4.79 Å². The Hall–Kier alpha value is -2.37. The Morgan fingerprint density at radius 2 is 2.16 bits per heavy atom. The van der Waals surface area contributed by atoms with Crippen LogP contribution in [0.1, 0.15) is 31.7 Å². The zero-order valence-electron chi connectivity index (χ0n) is 14.5. The van der Waals surface area contributed by atoms with E-state index in [0.717, 1.165) is 37.2 Å². The molecule has 1 spiro atoms. The van der Waals surface area contributed by atoms with Crippen molar-refractivity contribution in [3.63, 3.8) is 0 Å². The average Bonchev–Trinajstić information content (AvgIpc) is 3.29. The summed E-state index contributed by atoms with van der Waals surface area (Å²) in [5.74, 6) is 1.33. The van der Waals surface area contributed by atoms with Crippen molar-refractivity contribution < 1.29 is 9.59 Å². The third-order valence-corrected chi connectivity index (χ3v) is 5.84. The fraction of sp³-hybridized carbons (Fsp3) is 0.526. The van der Waals surface area contributed by atoms with Gasteiger partial charge in [0.1, 0.15) is 11.4 Å². The van der Waals surface area contributed by atoms with E-state index in [4.69, 9.17) is 4.99 Å². The van der Waals surface area contributed by atoms with Crippen LogP contribution in [0.3, 0.4) is 0 Å². The topological polar surface area (TPSA) is 73.8 Å². The van der Waals surface area contributed by atoms with Gasteiger partial charge in [-0.1, -0.05) is 37.3 Å². The second-order valence-corrected chi connectivity index (χ2v) is 7.24. The van der Waals surface area contributed by atoms with Gasteiger partial charge in [0.15, 0.2) is 0 Å². The molecule has 1 aromatic rings. The number of amides is 3. The maximum atomic E-state index is 12.6. The first-order valence-electron chi connectivity index (χ1n) is 9.09. The molecule has 0 bridgehead atoms. The monoisotopic (exact) mass is 340 g/mol.